The summed E-state index contributed by atoms with van der Waals surface area (Å²) < 4.78 is 9.27. The standard InChI is InChI=1S/C22H21N7O4S/c1-14-19(20(31)29(27(14)2)17-7-5-4-6-8-17)28-22(24-25-26-28)34-13-18(30)23-16-11-9-15(10-12-16)21(32)33-3/h4-12H,13H2,1-3H3,(H,23,30). The third kappa shape index (κ3) is 4.48. The van der Waals surface area contributed by atoms with E-state index in [-0.39, 0.29) is 17.2 Å². The zero-order valence-electron chi connectivity index (χ0n) is 18.6. The van der Waals surface area contributed by atoms with Crippen molar-refractivity contribution < 1.29 is 14.3 Å². The van der Waals surface area contributed by atoms with Gasteiger partial charge in [-0.15, -0.1) is 5.10 Å². The Kier molecular flexibility index (Phi) is 6.59. The molecule has 11 nitrogen and oxygen atoms in total. The molecule has 2 heterocycles. The summed E-state index contributed by atoms with van der Waals surface area (Å²) in [5, 5.41) is 14.7. The molecule has 174 valence electrons. The highest BCUT2D eigenvalue weighted by molar-refractivity contribution is 7.99. The van der Waals surface area contributed by atoms with E-state index in [0.29, 0.717) is 33.5 Å². The van der Waals surface area contributed by atoms with Crippen molar-refractivity contribution in [3.63, 3.8) is 0 Å². The van der Waals surface area contributed by atoms with Gasteiger partial charge in [-0.25, -0.2) is 9.48 Å². The molecule has 4 aromatic rings. The lowest BCUT2D eigenvalue weighted by Crippen LogP contribution is -2.22. The number of hydrogen-bond donors (Lipinski definition) is 1. The van der Waals surface area contributed by atoms with Gasteiger partial charge < -0.3 is 10.1 Å². The molecule has 0 spiro atoms. The Bertz CT molecular complexity index is 1390. The van der Waals surface area contributed by atoms with E-state index in [9.17, 15) is 14.4 Å². The van der Waals surface area contributed by atoms with Gasteiger partial charge in [0, 0.05) is 12.7 Å². The van der Waals surface area contributed by atoms with Gasteiger partial charge in [0.2, 0.25) is 11.1 Å². The number of rotatable bonds is 7. The molecule has 1 N–H and O–H groups in total. The maximum atomic E-state index is 13.2. The number of methoxy groups -OCH3 is 1. The SMILES string of the molecule is COC(=O)c1ccc(NC(=O)CSc2nnnn2-c2c(C)n(C)n(-c3ccccc3)c2=O)cc1. The van der Waals surface area contributed by atoms with E-state index in [1.807, 2.05) is 30.3 Å². The van der Waals surface area contributed by atoms with E-state index in [1.165, 1.54) is 16.5 Å². The number of nitrogens with zero attached hydrogens (tertiary/aromatic N) is 6. The molecule has 2 aromatic carbocycles. The van der Waals surface area contributed by atoms with Crippen LogP contribution in [0.2, 0.25) is 0 Å². The van der Waals surface area contributed by atoms with E-state index >= 15 is 0 Å². The second kappa shape index (κ2) is 9.75. The highest BCUT2D eigenvalue weighted by atomic mass is 32.2. The molecule has 0 radical (unpaired) electrons. The van der Waals surface area contributed by atoms with Crippen LogP contribution in [-0.2, 0) is 16.6 Å². The summed E-state index contributed by atoms with van der Waals surface area (Å²) in [6, 6.07) is 15.6. The number of anilines is 1. The molecule has 0 fully saturated rings. The minimum absolute atomic E-state index is 0.0118. The van der Waals surface area contributed by atoms with Gasteiger partial charge in [-0.3, -0.25) is 14.3 Å². The minimum Gasteiger partial charge on any atom is -0.465 e. The summed E-state index contributed by atoms with van der Waals surface area (Å²) in [7, 11) is 3.08. The van der Waals surface area contributed by atoms with Gasteiger partial charge in [0.15, 0.2) is 5.69 Å². The largest absolute Gasteiger partial charge is 0.465 e. The Morgan fingerprint density at radius 3 is 2.47 bits per heavy atom. The Balaban J connectivity index is 1.50. The summed E-state index contributed by atoms with van der Waals surface area (Å²) >= 11 is 1.10. The van der Waals surface area contributed by atoms with Crippen LogP contribution in [0, 0.1) is 6.92 Å². The van der Waals surface area contributed by atoms with Crippen molar-refractivity contribution >= 4 is 29.3 Å². The molecule has 0 aliphatic carbocycles. The van der Waals surface area contributed by atoms with Crippen molar-refractivity contribution in [2.24, 2.45) is 7.05 Å². The molecule has 2 aromatic heterocycles. The van der Waals surface area contributed by atoms with E-state index in [0.717, 1.165) is 11.8 Å². The predicted molar refractivity (Wildman–Crippen MR) is 126 cm³/mol. The number of esters is 1. The average molecular weight is 480 g/mol. The first-order valence-corrected chi connectivity index (χ1v) is 11.1. The van der Waals surface area contributed by atoms with Crippen LogP contribution >= 0.6 is 11.8 Å². The van der Waals surface area contributed by atoms with E-state index < -0.39 is 5.97 Å². The highest BCUT2D eigenvalue weighted by Crippen LogP contribution is 2.20. The maximum absolute atomic E-state index is 13.2. The maximum Gasteiger partial charge on any atom is 0.337 e. The quantitative estimate of drug-likeness (QED) is 0.315. The molecule has 0 unspecified atom stereocenters. The molecule has 0 saturated heterocycles. The van der Waals surface area contributed by atoms with Gasteiger partial charge in [0.25, 0.3) is 5.56 Å². The number of nitrogens with one attached hydrogen (secondary N) is 1. The molecule has 34 heavy (non-hydrogen) atoms. The zero-order chi connectivity index (χ0) is 24.2. The molecule has 0 bridgehead atoms. The van der Waals surface area contributed by atoms with Crippen molar-refractivity contribution in [2.45, 2.75) is 12.1 Å². The van der Waals surface area contributed by atoms with E-state index in [1.54, 1.807) is 42.9 Å². The van der Waals surface area contributed by atoms with Gasteiger partial charge in [-0.1, -0.05) is 30.0 Å². The summed E-state index contributed by atoms with van der Waals surface area (Å²) in [5.41, 5.74) is 2.31. The van der Waals surface area contributed by atoms with Crippen LogP contribution in [0.15, 0.2) is 64.5 Å². The number of ether oxygens (including phenoxy) is 1. The summed E-state index contributed by atoms with van der Waals surface area (Å²) in [5.74, 6) is -0.739. The van der Waals surface area contributed by atoms with Gasteiger partial charge in [0.05, 0.1) is 29.8 Å². The van der Waals surface area contributed by atoms with E-state index in [2.05, 4.69) is 25.6 Å². The Morgan fingerprint density at radius 2 is 1.79 bits per heavy atom. The second-order valence-corrected chi connectivity index (χ2v) is 8.13. The third-order valence-corrected chi connectivity index (χ3v) is 6.02. The van der Waals surface area contributed by atoms with Gasteiger partial charge in [0.1, 0.15) is 0 Å². The summed E-state index contributed by atoms with van der Waals surface area (Å²) in [4.78, 5) is 37.2. The summed E-state index contributed by atoms with van der Waals surface area (Å²) in [6.45, 7) is 1.80. The van der Waals surface area contributed by atoms with E-state index in [4.69, 9.17) is 0 Å². The number of carbonyl (C=O) groups excluding carboxylic acids is 2. The van der Waals surface area contributed by atoms with Crippen LogP contribution in [0.25, 0.3) is 11.4 Å². The number of benzene rings is 2. The molecule has 0 saturated carbocycles. The van der Waals surface area contributed by atoms with Crippen LogP contribution in [0.4, 0.5) is 5.69 Å². The minimum atomic E-state index is -0.456. The van der Waals surface area contributed by atoms with Gasteiger partial charge in [-0.2, -0.15) is 4.68 Å². The smallest absolute Gasteiger partial charge is 0.337 e. The second-order valence-electron chi connectivity index (χ2n) is 7.19. The number of thioether (sulfide) groups is 1. The number of hydrogen-bond acceptors (Lipinski definition) is 8. The van der Waals surface area contributed by atoms with Crippen LogP contribution in [0.5, 0.6) is 0 Å². The van der Waals surface area contributed by atoms with Crippen LogP contribution < -0.4 is 10.9 Å². The number of carbonyl (C=O) groups is 2. The fourth-order valence-corrected chi connectivity index (χ4v) is 4.02. The first-order chi connectivity index (χ1) is 16.4. The number of amides is 1. The molecule has 0 aliphatic heterocycles. The average Bonchev–Trinajstić information content (AvgIpc) is 3.39. The molecule has 1 amide bonds. The first-order valence-electron chi connectivity index (χ1n) is 10.1. The van der Waals surface area contributed by atoms with Crippen LogP contribution in [-0.4, -0.2) is 54.3 Å². The molecular weight excluding hydrogens is 458 g/mol. The molecule has 12 heteroatoms. The lowest BCUT2D eigenvalue weighted by Gasteiger charge is -2.07. The van der Waals surface area contributed by atoms with Crippen molar-refractivity contribution in [3.05, 3.63) is 76.2 Å². The summed E-state index contributed by atoms with van der Waals surface area (Å²) in [6.07, 6.45) is 0. The number of tetrazole rings is 1. The lowest BCUT2D eigenvalue weighted by molar-refractivity contribution is -0.113. The van der Waals surface area contributed by atoms with Crippen molar-refractivity contribution in [3.8, 4) is 11.4 Å². The van der Waals surface area contributed by atoms with Gasteiger partial charge in [-0.05, 0) is 53.7 Å². The molecule has 0 aliphatic rings. The van der Waals surface area contributed by atoms with Crippen molar-refractivity contribution in [1.29, 1.82) is 0 Å². The Morgan fingerprint density at radius 1 is 1.09 bits per heavy atom. The topological polar surface area (TPSA) is 126 Å². The first kappa shape index (κ1) is 23.0. The number of para-hydroxylation sites is 1. The molecular formula is C22H21N7O4S. The Labute approximate surface area is 198 Å². The predicted octanol–water partition coefficient (Wildman–Crippen LogP) is 1.98. The third-order valence-electron chi connectivity index (χ3n) is 5.10. The van der Waals surface area contributed by atoms with Crippen LogP contribution in [0.3, 0.4) is 0 Å². The highest BCUT2D eigenvalue weighted by Gasteiger charge is 2.22. The van der Waals surface area contributed by atoms with Crippen LogP contribution in [0.1, 0.15) is 16.1 Å². The van der Waals surface area contributed by atoms with Crippen molar-refractivity contribution in [1.82, 2.24) is 29.6 Å². The fraction of sp³-hybridized carbons (Fsp3) is 0.182. The monoisotopic (exact) mass is 479 g/mol. The fourth-order valence-electron chi connectivity index (χ4n) is 3.34. The molecule has 0 atom stereocenters. The molecule has 4 rings (SSSR count). The van der Waals surface area contributed by atoms with Crippen molar-refractivity contribution in [2.75, 3.05) is 18.2 Å². The number of aromatic nitrogens is 6. The zero-order valence-corrected chi connectivity index (χ0v) is 19.4. The normalized spacial score (nSPS) is 10.8. The van der Waals surface area contributed by atoms with Gasteiger partial charge >= 0.3 is 5.97 Å². The lowest BCUT2D eigenvalue weighted by atomic mass is 10.2. The Hall–Kier alpha value is -4.19.